The Morgan fingerprint density at radius 2 is 1.92 bits per heavy atom. The lowest BCUT2D eigenvalue weighted by molar-refractivity contribution is -0.136. The summed E-state index contributed by atoms with van der Waals surface area (Å²) >= 11 is 3.55. The van der Waals surface area contributed by atoms with Gasteiger partial charge in [-0.15, -0.1) is 0 Å². The van der Waals surface area contributed by atoms with Gasteiger partial charge >= 0.3 is 5.97 Å². The molecule has 4 rings (SSSR count). The van der Waals surface area contributed by atoms with Crippen molar-refractivity contribution in [1.29, 1.82) is 0 Å². The second-order valence-electron chi connectivity index (χ2n) is 8.66. The van der Waals surface area contributed by atoms with E-state index in [1.54, 1.807) is 4.57 Å². The van der Waals surface area contributed by atoms with Crippen LogP contribution in [0.4, 0.5) is 0 Å². The summed E-state index contributed by atoms with van der Waals surface area (Å²) in [4.78, 5) is 32.0. The number of thiazole rings is 1. The zero-order valence-electron chi connectivity index (χ0n) is 22.0. The second-order valence-corrected chi connectivity index (χ2v) is 10.8. The Labute approximate surface area is 239 Å². The molecule has 0 radical (unpaired) electrons. The van der Waals surface area contributed by atoms with E-state index in [0.717, 1.165) is 33.3 Å². The van der Waals surface area contributed by atoms with Gasteiger partial charge in [0.1, 0.15) is 0 Å². The van der Waals surface area contributed by atoms with Gasteiger partial charge in [-0.1, -0.05) is 61.9 Å². The van der Waals surface area contributed by atoms with E-state index in [-0.39, 0.29) is 5.56 Å². The van der Waals surface area contributed by atoms with Crippen LogP contribution in [0.5, 0.6) is 11.5 Å². The van der Waals surface area contributed by atoms with Crippen molar-refractivity contribution in [3.63, 3.8) is 0 Å². The van der Waals surface area contributed by atoms with Crippen LogP contribution in [0.1, 0.15) is 57.2 Å². The number of hydrogen-bond donors (Lipinski definition) is 0. The van der Waals surface area contributed by atoms with Gasteiger partial charge in [-0.2, -0.15) is 0 Å². The molecule has 0 saturated carbocycles. The highest BCUT2D eigenvalue weighted by Gasteiger charge is 2.33. The highest BCUT2D eigenvalue weighted by molar-refractivity contribution is 14.1. The topological polar surface area (TPSA) is 79.1 Å². The molecule has 1 aliphatic heterocycles. The summed E-state index contributed by atoms with van der Waals surface area (Å²) in [5.41, 5.74) is 2.45. The smallest absolute Gasteiger partial charge is 0.338 e. The fourth-order valence-electron chi connectivity index (χ4n) is 4.36. The first-order valence-electron chi connectivity index (χ1n) is 12.7. The van der Waals surface area contributed by atoms with Gasteiger partial charge in [-0.25, -0.2) is 9.79 Å². The van der Waals surface area contributed by atoms with Crippen molar-refractivity contribution in [1.82, 2.24) is 4.57 Å². The number of halogens is 1. The number of rotatable bonds is 10. The maximum absolute atomic E-state index is 13.8. The van der Waals surface area contributed by atoms with Crippen LogP contribution in [0.25, 0.3) is 6.08 Å². The summed E-state index contributed by atoms with van der Waals surface area (Å²) in [7, 11) is 1.35. The Hall–Kier alpha value is -2.92. The molecular weight excluding hydrogens is 615 g/mol. The van der Waals surface area contributed by atoms with Crippen LogP contribution in [0, 0.1) is 3.57 Å². The van der Waals surface area contributed by atoms with Crippen LogP contribution in [0.15, 0.2) is 63.5 Å². The van der Waals surface area contributed by atoms with Crippen molar-refractivity contribution in [2.45, 2.75) is 46.1 Å². The van der Waals surface area contributed by atoms with E-state index >= 15 is 0 Å². The Bertz CT molecular complexity index is 1520. The molecule has 1 aromatic heterocycles. The number of carbonyl (C=O) groups excluding carboxylic acids is 1. The number of unbranched alkanes of at least 4 members (excludes halogenated alkanes) is 1. The first kappa shape index (κ1) is 28.1. The third-order valence-electron chi connectivity index (χ3n) is 6.14. The molecule has 0 aliphatic carbocycles. The highest BCUT2D eigenvalue weighted by Crippen LogP contribution is 2.35. The van der Waals surface area contributed by atoms with Gasteiger partial charge in [0.05, 0.1) is 45.7 Å². The average Bonchev–Trinajstić information content (AvgIpc) is 3.23. The quantitative estimate of drug-likeness (QED) is 0.177. The fourth-order valence-corrected chi connectivity index (χ4v) is 6.16. The Morgan fingerprint density at radius 3 is 2.58 bits per heavy atom. The lowest BCUT2D eigenvalue weighted by Crippen LogP contribution is -2.40. The third kappa shape index (κ3) is 5.73. The van der Waals surface area contributed by atoms with E-state index < -0.39 is 12.0 Å². The molecule has 0 bridgehead atoms. The van der Waals surface area contributed by atoms with E-state index in [4.69, 9.17) is 19.2 Å². The van der Waals surface area contributed by atoms with Crippen LogP contribution in [-0.2, 0) is 9.53 Å². The van der Waals surface area contributed by atoms with Crippen molar-refractivity contribution in [2.24, 2.45) is 4.99 Å². The van der Waals surface area contributed by atoms with Crippen molar-refractivity contribution in [2.75, 3.05) is 20.3 Å². The molecule has 0 N–H and O–H groups in total. The molecule has 0 saturated heterocycles. The molecular formula is C29H31IN2O5S. The molecule has 0 spiro atoms. The van der Waals surface area contributed by atoms with Gasteiger partial charge < -0.3 is 14.2 Å². The first-order chi connectivity index (χ1) is 18.4. The average molecular weight is 647 g/mol. The summed E-state index contributed by atoms with van der Waals surface area (Å²) in [6.45, 7) is 7.11. The van der Waals surface area contributed by atoms with Gasteiger partial charge in [0.25, 0.3) is 5.56 Å². The van der Waals surface area contributed by atoms with E-state index in [1.165, 1.54) is 18.4 Å². The number of benzene rings is 2. The molecule has 7 nitrogen and oxygen atoms in total. The number of methoxy groups -OCH3 is 1. The van der Waals surface area contributed by atoms with E-state index in [0.29, 0.717) is 46.0 Å². The summed E-state index contributed by atoms with van der Waals surface area (Å²) in [5, 5.41) is 0. The number of hydrogen-bond acceptors (Lipinski definition) is 7. The number of ether oxygens (including phenoxy) is 3. The minimum absolute atomic E-state index is 0.213. The van der Waals surface area contributed by atoms with Crippen LogP contribution in [0.2, 0.25) is 0 Å². The molecule has 3 aromatic rings. The molecule has 1 atom stereocenters. The van der Waals surface area contributed by atoms with Crippen molar-refractivity contribution in [3.8, 4) is 11.5 Å². The SMILES string of the molecule is CCCCOc1c(I)cc(/C=c2/sc3n(c2=O)[C@H](c2ccccc2)C(C(=O)OC)=C(CC)N=3)cc1OCC. The van der Waals surface area contributed by atoms with Crippen molar-refractivity contribution < 1.29 is 19.0 Å². The highest BCUT2D eigenvalue weighted by atomic mass is 127. The molecule has 200 valence electrons. The monoisotopic (exact) mass is 646 g/mol. The van der Waals surface area contributed by atoms with Crippen LogP contribution < -0.4 is 24.4 Å². The predicted molar refractivity (Wildman–Crippen MR) is 158 cm³/mol. The summed E-state index contributed by atoms with van der Waals surface area (Å²) in [6, 6.07) is 12.8. The van der Waals surface area contributed by atoms with Gasteiger partial charge in [-0.05, 0) is 71.7 Å². The number of nitrogens with zero attached hydrogens (tertiary/aromatic N) is 2. The first-order valence-corrected chi connectivity index (χ1v) is 14.6. The van der Waals surface area contributed by atoms with Crippen LogP contribution >= 0.6 is 33.9 Å². The normalized spacial score (nSPS) is 15.2. The van der Waals surface area contributed by atoms with Crippen molar-refractivity contribution >= 4 is 46.0 Å². The number of aromatic nitrogens is 1. The minimum Gasteiger partial charge on any atom is -0.490 e. The van der Waals surface area contributed by atoms with Gasteiger partial charge in [0.2, 0.25) is 0 Å². The molecule has 1 aliphatic rings. The predicted octanol–water partition coefficient (Wildman–Crippen LogP) is 4.98. The molecule has 0 unspecified atom stereocenters. The number of fused-ring (bicyclic) bond motifs is 1. The van der Waals surface area contributed by atoms with Crippen LogP contribution in [-0.4, -0.2) is 30.9 Å². The van der Waals surface area contributed by atoms with Crippen LogP contribution in [0.3, 0.4) is 0 Å². The molecule has 2 heterocycles. The second kappa shape index (κ2) is 12.8. The third-order valence-corrected chi connectivity index (χ3v) is 7.92. The maximum atomic E-state index is 13.8. The Kier molecular flexibility index (Phi) is 9.43. The molecule has 0 amide bonds. The van der Waals surface area contributed by atoms with E-state index in [1.807, 2.05) is 62.4 Å². The van der Waals surface area contributed by atoms with E-state index in [2.05, 4.69) is 29.5 Å². The zero-order valence-corrected chi connectivity index (χ0v) is 24.9. The maximum Gasteiger partial charge on any atom is 0.338 e. The lowest BCUT2D eigenvalue weighted by Gasteiger charge is -2.25. The Balaban J connectivity index is 1.88. The summed E-state index contributed by atoms with van der Waals surface area (Å²) in [5.74, 6) is 0.889. The number of carbonyl (C=O) groups is 1. The standard InChI is InChI=1S/C29H31IN2O5S/c1-5-8-14-37-26-20(30)15-18(16-22(26)36-7-3)17-23-27(33)32-25(19-12-10-9-11-13-19)24(28(34)35-4)21(6-2)31-29(32)38-23/h9-13,15-17,25H,5-8,14H2,1-4H3/b23-17+/t25-/m1/s1. The fraction of sp³-hybridized carbons (Fsp3) is 0.345. The van der Waals surface area contributed by atoms with Gasteiger partial charge in [-0.3, -0.25) is 9.36 Å². The number of esters is 1. The zero-order chi connectivity index (χ0) is 27.2. The van der Waals surface area contributed by atoms with Gasteiger partial charge in [0, 0.05) is 0 Å². The minimum atomic E-state index is -0.620. The van der Waals surface area contributed by atoms with E-state index in [9.17, 15) is 9.59 Å². The lowest BCUT2D eigenvalue weighted by atomic mass is 9.95. The number of allylic oxidation sites excluding steroid dienone is 1. The van der Waals surface area contributed by atoms with Gasteiger partial charge in [0.15, 0.2) is 16.3 Å². The molecule has 2 aromatic carbocycles. The molecule has 0 fully saturated rings. The van der Waals surface area contributed by atoms with Crippen molar-refractivity contribution in [3.05, 3.63) is 88.1 Å². The largest absolute Gasteiger partial charge is 0.490 e. The molecule has 9 heteroatoms. The Morgan fingerprint density at radius 1 is 1.16 bits per heavy atom. The summed E-state index contributed by atoms with van der Waals surface area (Å²) < 4.78 is 20.1. The summed E-state index contributed by atoms with van der Waals surface area (Å²) in [6.07, 6.45) is 4.38. The molecule has 38 heavy (non-hydrogen) atoms.